The summed E-state index contributed by atoms with van der Waals surface area (Å²) in [5.41, 5.74) is 10.6. The van der Waals surface area contributed by atoms with Crippen molar-refractivity contribution in [1.82, 2.24) is 19.5 Å². The molecule has 49 heavy (non-hydrogen) atoms. The average molecular weight is 625 g/mol. The number of hydrogen-bond acceptors (Lipinski definition) is 3. The number of imidazole rings is 1. The monoisotopic (exact) mass is 624 g/mol. The van der Waals surface area contributed by atoms with E-state index in [9.17, 15) is 0 Å². The Morgan fingerprint density at radius 2 is 1.08 bits per heavy atom. The minimum Gasteiger partial charge on any atom is -0.291 e. The largest absolute Gasteiger partial charge is 0.291 e. The van der Waals surface area contributed by atoms with Crippen LogP contribution in [0.15, 0.2) is 170 Å². The summed E-state index contributed by atoms with van der Waals surface area (Å²) in [5.74, 6) is 0.825. The van der Waals surface area contributed by atoms with E-state index in [4.69, 9.17) is 9.97 Å². The number of benzene rings is 7. The molecule has 0 unspecified atom stereocenters. The highest BCUT2D eigenvalue weighted by atomic mass is 15.1. The lowest BCUT2D eigenvalue weighted by atomic mass is 9.91. The van der Waals surface area contributed by atoms with Crippen molar-refractivity contribution < 1.29 is 0 Å². The first-order valence-corrected chi connectivity index (χ1v) is 16.5. The molecule has 10 aromatic rings. The van der Waals surface area contributed by atoms with Crippen molar-refractivity contribution in [1.29, 1.82) is 0 Å². The fraction of sp³-hybridized carbons (Fsp3) is 0. The molecule has 0 aliphatic rings. The summed E-state index contributed by atoms with van der Waals surface area (Å²) in [6.07, 6.45) is 1.82. The zero-order valence-electron chi connectivity index (χ0n) is 26.5. The first-order valence-electron chi connectivity index (χ1n) is 16.5. The van der Waals surface area contributed by atoms with Gasteiger partial charge in [0.1, 0.15) is 5.69 Å². The van der Waals surface area contributed by atoms with Gasteiger partial charge in [-0.2, -0.15) is 0 Å². The third-order valence-corrected chi connectivity index (χ3v) is 9.63. The van der Waals surface area contributed by atoms with Gasteiger partial charge in [-0.25, -0.2) is 9.97 Å². The van der Waals surface area contributed by atoms with Crippen LogP contribution in [-0.4, -0.2) is 19.5 Å². The molecule has 4 nitrogen and oxygen atoms in total. The summed E-state index contributed by atoms with van der Waals surface area (Å²) in [7, 11) is 0. The van der Waals surface area contributed by atoms with Gasteiger partial charge >= 0.3 is 0 Å². The molecule has 0 atom stereocenters. The number of nitrogens with zero attached hydrogens (tertiary/aromatic N) is 4. The van der Waals surface area contributed by atoms with Gasteiger partial charge in [0.15, 0.2) is 5.82 Å². The Kier molecular flexibility index (Phi) is 6.15. The summed E-state index contributed by atoms with van der Waals surface area (Å²) in [5, 5.41) is 7.04. The maximum absolute atomic E-state index is 5.36. The van der Waals surface area contributed by atoms with Crippen molar-refractivity contribution in [2.75, 3.05) is 0 Å². The van der Waals surface area contributed by atoms with Crippen LogP contribution in [0.2, 0.25) is 0 Å². The number of pyridine rings is 2. The maximum atomic E-state index is 5.36. The summed E-state index contributed by atoms with van der Waals surface area (Å²) < 4.78 is 2.21. The van der Waals surface area contributed by atoms with E-state index in [2.05, 4.69) is 149 Å². The van der Waals surface area contributed by atoms with Gasteiger partial charge in [-0.05, 0) is 63.9 Å². The summed E-state index contributed by atoms with van der Waals surface area (Å²) in [6.45, 7) is 0. The van der Waals surface area contributed by atoms with Crippen molar-refractivity contribution >= 4 is 54.4 Å². The van der Waals surface area contributed by atoms with E-state index in [0.717, 1.165) is 61.2 Å². The molecule has 0 N–H and O–H groups in total. The highest BCUT2D eigenvalue weighted by molar-refractivity contribution is 6.21. The highest BCUT2D eigenvalue weighted by Crippen LogP contribution is 2.40. The molecule has 0 aliphatic carbocycles. The summed E-state index contributed by atoms with van der Waals surface area (Å²) in [4.78, 5) is 15.0. The molecule has 0 bridgehead atoms. The topological polar surface area (TPSA) is 43.6 Å². The molecule has 0 spiro atoms. The Hall–Kier alpha value is -6.65. The van der Waals surface area contributed by atoms with Gasteiger partial charge in [-0.15, -0.1) is 0 Å². The molecule has 4 heteroatoms. The lowest BCUT2D eigenvalue weighted by Gasteiger charge is -2.15. The van der Waals surface area contributed by atoms with Crippen LogP contribution in [0.3, 0.4) is 0 Å². The molecule has 10 rings (SSSR count). The quantitative estimate of drug-likeness (QED) is 0.145. The predicted molar refractivity (Wildman–Crippen MR) is 203 cm³/mol. The third kappa shape index (κ3) is 4.42. The Morgan fingerprint density at radius 3 is 1.80 bits per heavy atom. The number of hydrogen-bond donors (Lipinski definition) is 0. The Balaban J connectivity index is 1.14. The lowest BCUT2D eigenvalue weighted by Crippen LogP contribution is -1.99. The molecule has 228 valence electrons. The van der Waals surface area contributed by atoms with Gasteiger partial charge in [0.2, 0.25) is 0 Å². The third-order valence-electron chi connectivity index (χ3n) is 9.63. The van der Waals surface area contributed by atoms with Gasteiger partial charge < -0.3 is 0 Å². The Morgan fingerprint density at radius 1 is 0.429 bits per heavy atom. The van der Waals surface area contributed by atoms with Crippen molar-refractivity contribution in [2.24, 2.45) is 0 Å². The molecule has 3 aromatic heterocycles. The van der Waals surface area contributed by atoms with Gasteiger partial charge in [0.25, 0.3) is 0 Å². The van der Waals surface area contributed by atoms with Crippen LogP contribution in [0.5, 0.6) is 0 Å². The van der Waals surface area contributed by atoms with E-state index in [1.807, 2.05) is 30.5 Å². The van der Waals surface area contributed by atoms with E-state index in [0.29, 0.717) is 0 Å². The van der Waals surface area contributed by atoms with Gasteiger partial charge in [-0.1, -0.05) is 127 Å². The second-order valence-corrected chi connectivity index (χ2v) is 12.5. The van der Waals surface area contributed by atoms with Crippen LogP contribution in [0.1, 0.15) is 0 Å². The first kappa shape index (κ1) is 27.5. The Bertz CT molecular complexity index is 2780. The second-order valence-electron chi connectivity index (χ2n) is 12.5. The van der Waals surface area contributed by atoms with E-state index < -0.39 is 0 Å². The number of fused-ring (bicyclic) bond motifs is 7. The zero-order valence-corrected chi connectivity index (χ0v) is 26.5. The molecule has 0 amide bonds. The van der Waals surface area contributed by atoms with E-state index in [1.54, 1.807) is 0 Å². The van der Waals surface area contributed by atoms with Crippen LogP contribution < -0.4 is 0 Å². The fourth-order valence-electron chi connectivity index (χ4n) is 7.33. The average Bonchev–Trinajstić information content (AvgIpc) is 3.57. The standard InChI is InChI=1S/C45H28N4/c1-3-14-35-30(10-1)23-25-37-42(38-26-24-31-11-2-4-15-36(31)44(38)48-43(35)37)32-21-19-29(20-22-32)33-12-9-13-34(28-33)49-41-18-6-5-16-39(41)47-45(49)40-17-7-8-27-46-40/h1-28H. The van der Waals surface area contributed by atoms with Crippen LogP contribution in [0, 0.1) is 0 Å². The van der Waals surface area contributed by atoms with E-state index in [-0.39, 0.29) is 0 Å². The minimum atomic E-state index is 0.825. The number of rotatable bonds is 4. The summed E-state index contributed by atoms with van der Waals surface area (Å²) in [6, 6.07) is 57.9. The van der Waals surface area contributed by atoms with Crippen LogP contribution in [0.25, 0.3) is 93.8 Å². The molecular weight excluding hydrogens is 597 g/mol. The first-order chi connectivity index (χ1) is 24.3. The van der Waals surface area contributed by atoms with E-state index >= 15 is 0 Å². The summed E-state index contributed by atoms with van der Waals surface area (Å²) >= 11 is 0. The molecule has 0 radical (unpaired) electrons. The van der Waals surface area contributed by atoms with Crippen molar-refractivity contribution in [3.8, 4) is 39.5 Å². The molecule has 0 saturated carbocycles. The van der Waals surface area contributed by atoms with Crippen LogP contribution in [-0.2, 0) is 0 Å². The normalized spacial score (nSPS) is 11.7. The van der Waals surface area contributed by atoms with Gasteiger partial charge in [0.05, 0.1) is 22.1 Å². The Labute approximate surface area is 282 Å². The van der Waals surface area contributed by atoms with Gasteiger partial charge in [0, 0.05) is 39.0 Å². The van der Waals surface area contributed by atoms with Crippen molar-refractivity contribution in [3.05, 3.63) is 170 Å². The highest BCUT2D eigenvalue weighted by Gasteiger charge is 2.17. The fourth-order valence-corrected chi connectivity index (χ4v) is 7.33. The predicted octanol–water partition coefficient (Wildman–Crippen LogP) is 11.4. The number of para-hydroxylation sites is 2. The van der Waals surface area contributed by atoms with Gasteiger partial charge in [-0.3, -0.25) is 9.55 Å². The van der Waals surface area contributed by atoms with Crippen LogP contribution >= 0.6 is 0 Å². The number of aromatic nitrogens is 4. The minimum absolute atomic E-state index is 0.825. The molecule has 0 saturated heterocycles. The van der Waals surface area contributed by atoms with Crippen molar-refractivity contribution in [2.45, 2.75) is 0 Å². The molecular formula is C45H28N4. The maximum Gasteiger partial charge on any atom is 0.164 e. The SMILES string of the molecule is c1ccc(-c2nc3ccccc3n2-c2cccc(-c3ccc(-c4c5ccc6ccccc6c5nc5c4ccc4ccccc45)cc3)c2)nc1. The molecule has 3 heterocycles. The lowest BCUT2D eigenvalue weighted by molar-refractivity contribution is 1.08. The van der Waals surface area contributed by atoms with E-state index in [1.165, 1.54) is 32.7 Å². The zero-order chi connectivity index (χ0) is 32.3. The van der Waals surface area contributed by atoms with Crippen LogP contribution in [0.4, 0.5) is 0 Å². The second kappa shape index (κ2) is 11.0. The van der Waals surface area contributed by atoms with Crippen molar-refractivity contribution in [3.63, 3.8) is 0 Å². The molecule has 0 aliphatic heterocycles. The molecule has 0 fully saturated rings. The molecule has 7 aromatic carbocycles. The smallest absolute Gasteiger partial charge is 0.164 e.